The van der Waals surface area contributed by atoms with Crippen molar-refractivity contribution in [2.45, 2.75) is 13.3 Å². The highest BCUT2D eigenvalue weighted by Crippen LogP contribution is 2.23. The van der Waals surface area contributed by atoms with Crippen LogP contribution in [0, 0.1) is 5.92 Å². The average molecular weight is 343 g/mol. The first kappa shape index (κ1) is 18.3. The Morgan fingerprint density at radius 3 is 2.52 bits per heavy atom. The Kier molecular flexibility index (Phi) is 6.39. The fourth-order valence-electron chi connectivity index (χ4n) is 2.21. The average Bonchev–Trinajstić information content (AvgIpc) is 2.62. The minimum Gasteiger partial charge on any atom is -0.496 e. The van der Waals surface area contributed by atoms with Crippen LogP contribution in [0.4, 0.5) is 5.69 Å². The fourth-order valence-corrected chi connectivity index (χ4v) is 2.21. The van der Waals surface area contributed by atoms with Gasteiger partial charge in [-0.05, 0) is 30.7 Å². The van der Waals surface area contributed by atoms with Crippen LogP contribution in [0.3, 0.4) is 0 Å². The van der Waals surface area contributed by atoms with Crippen LogP contribution in [0.5, 0.6) is 11.5 Å². The summed E-state index contributed by atoms with van der Waals surface area (Å²) in [4.78, 5) is 23.3. The second kappa shape index (κ2) is 8.73. The summed E-state index contributed by atoms with van der Waals surface area (Å²) in [5, 5.41) is 11.8. The number of anilines is 1. The molecular formula is C19H21NO5. The van der Waals surface area contributed by atoms with Crippen molar-refractivity contribution in [3.63, 3.8) is 0 Å². The van der Waals surface area contributed by atoms with Crippen LogP contribution in [-0.4, -0.2) is 30.7 Å². The number of benzene rings is 2. The van der Waals surface area contributed by atoms with E-state index in [1.807, 2.05) is 37.3 Å². The van der Waals surface area contributed by atoms with Crippen molar-refractivity contribution in [1.82, 2.24) is 0 Å². The third-order valence-corrected chi connectivity index (χ3v) is 3.71. The van der Waals surface area contributed by atoms with Gasteiger partial charge in [0, 0.05) is 17.7 Å². The molecule has 2 aromatic rings. The van der Waals surface area contributed by atoms with Gasteiger partial charge < -0.3 is 19.9 Å². The number of aromatic carboxylic acids is 1. The van der Waals surface area contributed by atoms with Gasteiger partial charge in [0.05, 0.1) is 13.7 Å². The molecule has 0 saturated carbocycles. The highest BCUT2D eigenvalue weighted by molar-refractivity contribution is 5.95. The van der Waals surface area contributed by atoms with Gasteiger partial charge in [-0.15, -0.1) is 0 Å². The molecule has 0 saturated heterocycles. The van der Waals surface area contributed by atoms with Crippen LogP contribution in [0.25, 0.3) is 0 Å². The monoisotopic (exact) mass is 343 g/mol. The van der Waals surface area contributed by atoms with Crippen molar-refractivity contribution in [3.05, 3.63) is 54.1 Å². The molecule has 25 heavy (non-hydrogen) atoms. The molecule has 132 valence electrons. The highest BCUT2D eigenvalue weighted by Gasteiger charge is 2.16. The molecule has 0 bridgehead atoms. The molecule has 0 heterocycles. The van der Waals surface area contributed by atoms with Gasteiger partial charge in [0.25, 0.3) is 0 Å². The van der Waals surface area contributed by atoms with E-state index in [1.165, 1.54) is 25.3 Å². The molecular weight excluding hydrogens is 322 g/mol. The number of nitrogens with one attached hydrogen (secondary N) is 1. The molecule has 1 amide bonds. The number of carboxylic acid groups (broad SMARTS) is 1. The second-order valence-electron chi connectivity index (χ2n) is 5.56. The number of hydrogen-bond donors (Lipinski definition) is 2. The van der Waals surface area contributed by atoms with Crippen LogP contribution < -0.4 is 14.8 Å². The SMILES string of the molecule is COc1cc(NC(=O)C(C)CCOc2ccccc2)ccc1C(=O)O. The molecule has 0 radical (unpaired) electrons. The van der Waals surface area contributed by atoms with Crippen LogP contribution in [0.1, 0.15) is 23.7 Å². The largest absolute Gasteiger partial charge is 0.496 e. The molecule has 6 heteroatoms. The first-order valence-corrected chi connectivity index (χ1v) is 7.91. The Labute approximate surface area is 146 Å². The Morgan fingerprint density at radius 1 is 1.16 bits per heavy atom. The van der Waals surface area contributed by atoms with Gasteiger partial charge in [0.15, 0.2) is 0 Å². The normalized spacial score (nSPS) is 11.4. The van der Waals surface area contributed by atoms with Crippen molar-refractivity contribution >= 4 is 17.6 Å². The summed E-state index contributed by atoms with van der Waals surface area (Å²) in [6.45, 7) is 2.24. The lowest BCUT2D eigenvalue weighted by Gasteiger charge is -2.14. The molecule has 0 aromatic heterocycles. The van der Waals surface area contributed by atoms with Gasteiger partial charge in [-0.1, -0.05) is 25.1 Å². The molecule has 2 rings (SSSR count). The summed E-state index contributed by atoms with van der Waals surface area (Å²) in [5.41, 5.74) is 0.535. The van der Waals surface area contributed by atoms with Gasteiger partial charge in [0.1, 0.15) is 17.1 Å². The maximum absolute atomic E-state index is 12.2. The number of ether oxygens (including phenoxy) is 2. The summed E-state index contributed by atoms with van der Waals surface area (Å²) in [5.74, 6) is -0.536. The van der Waals surface area contributed by atoms with E-state index in [0.29, 0.717) is 18.7 Å². The van der Waals surface area contributed by atoms with E-state index in [0.717, 1.165) is 5.75 Å². The van der Waals surface area contributed by atoms with Crippen LogP contribution >= 0.6 is 0 Å². The number of hydrogen-bond acceptors (Lipinski definition) is 4. The zero-order valence-corrected chi connectivity index (χ0v) is 14.2. The topological polar surface area (TPSA) is 84.9 Å². The number of methoxy groups -OCH3 is 1. The first-order chi connectivity index (χ1) is 12.0. The predicted octanol–water partition coefficient (Wildman–Crippen LogP) is 3.44. The summed E-state index contributed by atoms with van der Waals surface area (Å²) >= 11 is 0. The molecule has 6 nitrogen and oxygen atoms in total. The van der Waals surface area contributed by atoms with E-state index in [-0.39, 0.29) is 23.1 Å². The Balaban J connectivity index is 1.89. The van der Waals surface area contributed by atoms with E-state index < -0.39 is 5.97 Å². The molecule has 0 aliphatic rings. The minimum absolute atomic E-state index is 0.0461. The number of para-hydroxylation sites is 1. The van der Waals surface area contributed by atoms with E-state index in [1.54, 1.807) is 0 Å². The lowest BCUT2D eigenvalue weighted by molar-refractivity contribution is -0.119. The lowest BCUT2D eigenvalue weighted by atomic mass is 10.1. The van der Waals surface area contributed by atoms with E-state index in [9.17, 15) is 9.59 Å². The van der Waals surface area contributed by atoms with Gasteiger partial charge in [-0.3, -0.25) is 4.79 Å². The number of carbonyl (C=O) groups is 2. The predicted molar refractivity (Wildman–Crippen MR) is 94.3 cm³/mol. The molecule has 2 N–H and O–H groups in total. The number of rotatable bonds is 8. The second-order valence-corrected chi connectivity index (χ2v) is 5.56. The first-order valence-electron chi connectivity index (χ1n) is 7.91. The van der Waals surface area contributed by atoms with Crippen molar-refractivity contribution in [3.8, 4) is 11.5 Å². The quantitative estimate of drug-likeness (QED) is 0.767. The van der Waals surface area contributed by atoms with E-state index in [2.05, 4.69) is 5.32 Å². The summed E-state index contributed by atoms with van der Waals surface area (Å²) in [6.07, 6.45) is 0.561. The molecule has 0 fully saturated rings. The Bertz CT molecular complexity index is 730. The summed E-state index contributed by atoms with van der Waals surface area (Å²) in [6, 6.07) is 13.8. The van der Waals surface area contributed by atoms with Crippen molar-refractivity contribution in [1.29, 1.82) is 0 Å². The van der Waals surface area contributed by atoms with Gasteiger partial charge in [0.2, 0.25) is 5.91 Å². The number of carbonyl (C=O) groups excluding carboxylic acids is 1. The summed E-state index contributed by atoms with van der Waals surface area (Å²) < 4.78 is 10.6. The van der Waals surface area contributed by atoms with E-state index in [4.69, 9.17) is 14.6 Å². The maximum Gasteiger partial charge on any atom is 0.339 e. The number of carboxylic acids is 1. The van der Waals surface area contributed by atoms with Crippen LogP contribution in [0.2, 0.25) is 0 Å². The Hall–Kier alpha value is -3.02. The van der Waals surface area contributed by atoms with Crippen molar-refractivity contribution in [2.75, 3.05) is 19.0 Å². The van der Waals surface area contributed by atoms with Crippen LogP contribution in [0.15, 0.2) is 48.5 Å². The summed E-state index contributed by atoms with van der Waals surface area (Å²) in [7, 11) is 1.39. The minimum atomic E-state index is -1.08. The third-order valence-electron chi connectivity index (χ3n) is 3.71. The maximum atomic E-state index is 12.2. The standard InChI is InChI=1S/C19H21NO5/c1-13(10-11-25-15-6-4-3-5-7-15)18(21)20-14-8-9-16(19(22)23)17(12-14)24-2/h3-9,12-13H,10-11H2,1-2H3,(H,20,21)(H,22,23). The third kappa shape index (κ3) is 5.24. The van der Waals surface area contributed by atoms with E-state index >= 15 is 0 Å². The van der Waals surface area contributed by atoms with Gasteiger partial charge in [-0.2, -0.15) is 0 Å². The molecule has 0 aliphatic carbocycles. The van der Waals surface area contributed by atoms with Gasteiger partial charge >= 0.3 is 5.97 Å². The molecule has 0 aliphatic heterocycles. The van der Waals surface area contributed by atoms with Crippen molar-refractivity contribution in [2.24, 2.45) is 5.92 Å². The fraction of sp³-hybridized carbons (Fsp3) is 0.263. The molecule has 1 unspecified atom stereocenters. The van der Waals surface area contributed by atoms with Crippen molar-refractivity contribution < 1.29 is 24.2 Å². The molecule has 1 atom stereocenters. The Morgan fingerprint density at radius 2 is 1.88 bits per heavy atom. The molecule has 2 aromatic carbocycles. The van der Waals surface area contributed by atoms with Gasteiger partial charge in [-0.25, -0.2) is 4.79 Å². The zero-order valence-electron chi connectivity index (χ0n) is 14.2. The smallest absolute Gasteiger partial charge is 0.339 e. The highest BCUT2D eigenvalue weighted by atomic mass is 16.5. The number of amides is 1. The zero-order chi connectivity index (χ0) is 18.2. The van der Waals surface area contributed by atoms with Crippen LogP contribution in [-0.2, 0) is 4.79 Å². The lowest BCUT2D eigenvalue weighted by Crippen LogP contribution is -2.22. The molecule has 0 spiro atoms.